The Morgan fingerprint density at radius 1 is 0.130 bits per heavy atom. The Balaban J connectivity index is 0.000000110. The summed E-state index contributed by atoms with van der Waals surface area (Å²) in [5, 5.41) is 13.3. The lowest BCUT2D eigenvalue weighted by atomic mass is 9.98. The highest BCUT2D eigenvalue weighted by molar-refractivity contribution is 6.23. The molecule has 24 aromatic rings. The van der Waals surface area contributed by atoms with Gasteiger partial charge in [0.2, 0.25) is 0 Å². The predicted molar refractivity (Wildman–Crippen MR) is 499 cm³/mol. The van der Waals surface area contributed by atoms with E-state index in [4.69, 9.17) is 58.1 Å². The molecule has 12 nitrogen and oxygen atoms in total. The zero-order valence-electron chi connectivity index (χ0n) is 66.1. The lowest BCUT2D eigenvalue weighted by Gasteiger charge is -2.11. The maximum Gasteiger partial charge on any atom is 0.164 e. The van der Waals surface area contributed by atoms with Crippen LogP contribution in [-0.2, 0) is 0 Å². The summed E-state index contributed by atoms with van der Waals surface area (Å²) in [6.45, 7) is 0. The van der Waals surface area contributed by atoms with Crippen LogP contribution in [0.5, 0.6) is 0 Å². The highest BCUT2D eigenvalue weighted by atomic mass is 16.3. The third kappa shape index (κ3) is 14.2. The van der Waals surface area contributed by atoms with Gasteiger partial charge in [0.1, 0.15) is 33.5 Å². The standard InChI is InChI=1S/3C37H23N3O/c1-3-10-24(11-4-1)25-18-20-28(21-19-25)36-38-35(27-12-5-2-6-13-27)39-37(40-36)30-16-9-14-26-22-23-32-34(33(26)30)29-15-7-8-17-31(29)41-32;1-3-9-24(10-4-1)25-15-18-28(19-16-25)36-38-35(27-11-5-2-6-12-27)39-37(40-36)29-20-17-26-21-22-33-34(31(26)23-29)30-13-7-8-14-32(30)41-33;1-3-9-24(10-4-1)25-15-17-27(18-16-25)36-38-35(26-11-5-2-6-12-26)39-37(40-36)29-19-21-30-28(23-29)20-22-33-34(30)31-13-7-8-14-32(31)41-33/h3*1-23H. The van der Waals surface area contributed by atoms with Crippen LogP contribution in [0.4, 0.5) is 0 Å². The predicted octanol–water partition coefficient (Wildman–Crippen LogP) is 28.8. The van der Waals surface area contributed by atoms with E-state index in [9.17, 15) is 0 Å². The van der Waals surface area contributed by atoms with E-state index < -0.39 is 0 Å². The van der Waals surface area contributed by atoms with Gasteiger partial charge in [-0.3, -0.25) is 0 Å². The van der Waals surface area contributed by atoms with Gasteiger partial charge in [0.05, 0.1) is 0 Å². The number of benzene rings is 18. The molecule has 6 heterocycles. The minimum absolute atomic E-state index is 0.629. The number of hydrogen-bond donors (Lipinski definition) is 0. The van der Waals surface area contributed by atoms with Crippen LogP contribution in [0.1, 0.15) is 0 Å². The Morgan fingerprint density at radius 3 is 0.805 bits per heavy atom. The molecule has 0 atom stereocenters. The second-order valence-electron chi connectivity index (χ2n) is 30.2. The van der Waals surface area contributed by atoms with Gasteiger partial charge in [0.15, 0.2) is 52.4 Å². The second kappa shape index (κ2) is 31.6. The summed E-state index contributed by atoms with van der Waals surface area (Å²) in [6.07, 6.45) is 0. The lowest BCUT2D eigenvalue weighted by Crippen LogP contribution is -2.00. The molecule has 24 rings (SSSR count). The molecule has 0 fully saturated rings. The molecule has 0 aliphatic rings. The van der Waals surface area contributed by atoms with Crippen LogP contribution in [0.3, 0.4) is 0 Å². The Kier molecular flexibility index (Phi) is 18.6. The number of fused-ring (bicyclic) bond motifs is 15. The summed E-state index contributed by atoms with van der Waals surface area (Å²) in [6, 6.07) is 143. The fraction of sp³-hybridized carbons (Fsp3) is 0. The largest absolute Gasteiger partial charge is 0.456 e. The minimum Gasteiger partial charge on any atom is -0.456 e. The highest BCUT2D eigenvalue weighted by Crippen LogP contribution is 2.43. The number of furan rings is 3. The van der Waals surface area contributed by atoms with Crippen molar-refractivity contribution in [3.8, 4) is 136 Å². The zero-order chi connectivity index (χ0) is 81.5. The molecule has 0 aliphatic heterocycles. The van der Waals surface area contributed by atoms with Crippen LogP contribution in [0.15, 0.2) is 432 Å². The molecule has 6 aromatic heterocycles. The number of aromatic nitrogens is 9. The molecule has 0 saturated carbocycles. The average Bonchev–Trinajstić information content (AvgIpc) is 1.67. The first-order chi connectivity index (χ1) is 60.9. The molecule has 0 unspecified atom stereocenters. The van der Waals surface area contributed by atoms with E-state index in [-0.39, 0.29) is 0 Å². The van der Waals surface area contributed by atoms with Crippen molar-refractivity contribution in [3.63, 3.8) is 0 Å². The molecule has 0 N–H and O–H groups in total. The second-order valence-corrected chi connectivity index (χ2v) is 30.2. The first kappa shape index (κ1) is 72.6. The molecular weight excluding hydrogens is 1510 g/mol. The number of rotatable bonds is 12. The Bertz CT molecular complexity index is 8070. The van der Waals surface area contributed by atoms with Gasteiger partial charge in [0.25, 0.3) is 0 Å². The van der Waals surface area contributed by atoms with Crippen molar-refractivity contribution in [2.24, 2.45) is 0 Å². The molecular formula is C111H69N9O3. The van der Waals surface area contributed by atoms with Gasteiger partial charge in [-0.05, 0) is 109 Å². The summed E-state index contributed by atoms with van der Waals surface area (Å²) >= 11 is 0. The maximum absolute atomic E-state index is 6.23. The van der Waals surface area contributed by atoms with Gasteiger partial charge in [-0.15, -0.1) is 0 Å². The zero-order valence-corrected chi connectivity index (χ0v) is 66.1. The average molecular weight is 1580 g/mol. The van der Waals surface area contributed by atoms with Crippen molar-refractivity contribution < 1.29 is 13.3 Å². The van der Waals surface area contributed by atoms with Gasteiger partial charge in [0, 0.05) is 87.8 Å². The van der Waals surface area contributed by atoms with Crippen molar-refractivity contribution in [3.05, 3.63) is 419 Å². The van der Waals surface area contributed by atoms with E-state index in [2.05, 4.69) is 237 Å². The topological polar surface area (TPSA) is 155 Å². The molecule has 0 aliphatic carbocycles. The summed E-state index contributed by atoms with van der Waals surface area (Å²) in [7, 11) is 0. The summed E-state index contributed by atoms with van der Waals surface area (Å²) in [5.41, 5.74) is 20.7. The van der Waals surface area contributed by atoms with Gasteiger partial charge in [-0.25, -0.2) is 44.9 Å². The molecule has 0 spiro atoms. The van der Waals surface area contributed by atoms with Crippen LogP contribution in [0.25, 0.3) is 234 Å². The van der Waals surface area contributed by atoms with E-state index in [0.717, 1.165) is 165 Å². The number of nitrogens with zero attached hydrogens (tertiary/aromatic N) is 9. The fourth-order valence-electron chi connectivity index (χ4n) is 16.5. The molecule has 18 aromatic carbocycles. The van der Waals surface area contributed by atoms with E-state index in [0.29, 0.717) is 52.4 Å². The molecule has 0 radical (unpaired) electrons. The Labute approximate surface area is 706 Å². The first-order valence-electron chi connectivity index (χ1n) is 40.9. The number of para-hydroxylation sites is 3. The smallest absolute Gasteiger partial charge is 0.164 e. The quantitative estimate of drug-likeness (QED) is 0.114. The lowest BCUT2D eigenvalue weighted by molar-refractivity contribution is 0.669. The van der Waals surface area contributed by atoms with Crippen LogP contribution >= 0.6 is 0 Å². The van der Waals surface area contributed by atoms with E-state index >= 15 is 0 Å². The molecule has 123 heavy (non-hydrogen) atoms. The molecule has 0 bridgehead atoms. The molecule has 0 saturated heterocycles. The molecule has 12 heteroatoms. The number of hydrogen-bond acceptors (Lipinski definition) is 12. The first-order valence-corrected chi connectivity index (χ1v) is 40.9. The van der Waals surface area contributed by atoms with Gasteiger partial charge in [-0.2, -0.15) is 0 Å². The maximum atomic E-state index is 6.23. The van der Waals surface area contributed by atoms with Crippen LogP contribution in [0, 0.1) is 0 Å². The van der Waals surface area contributed by atoms with Crippen molar-refractivity contribution in [2.45, 2.75) is 0 Å². The summed E-state index contributed by atoms with van der Waals surface area (Å²) < 4.78 is 18.5. The van der Waals surface area contributed by atoms with Crippen LogP contribution < -0.4 is 0 Å². The minimum atomic E-state index is 0.629. The Hall–Kier alpha value is -16.8. The van der Waals surface area contributed by atoms with E-state index in [1.54, 1.807) is 0 Å². The molecule has 0 amide bonds. The van der Waals surface area contributed by atoms with Gasteiger partial charge < -0.3 is 13.3 Å². The summed E-state index contributed by atoms with van der Waals surface area (Å²) in [4.78, 5) is 44.7. The van der Waals surface area contributed by atoms with Crippen LogP contribution in [0.2, 0.25) is 0 Å². The SMILES string of the molecule is c1ccc(-c2ccc(-c3nc(-c4ccccc4)nc(-c4ccc5c(ccc6oc7ccccc7c65)c4)n3)cc2)cc1.c1ccc(-c2ccc(-c3nc(-c4ccccc4)nc(-c4ccc5ccc6oc7ccccc7c6c5c4)n3)cc2)cc1.c1ccc(-c2ccc(-c3nc(-c4ccccc4)nc(-c4cccc5ccc6oc7ccccc7c6c45)n3)cc2)cc1. The highest BCUT2D eigenvalue weighted by Gasteiger charge is 2.22. The fourth-order valence-corrected chi connectivity index (χ4v) is 16.5. The van der Waals surface area contributed by atoms with Gasteiger partial charge in [-0.1, -0.05) is 370 Å². The van der Waals surface area contributed by atoms with E-state index in [1.807, 2.05) is 182 Å². The monoisotopic (exact) mass is 1580 g/mol. The normalized spacial score (nSPS) is 11.4. The van der Waals surface area contributed by atoms with Crippen molar-refractivity contribution in [1.29, 1.82) is 0 Å². The van der Waals surface area contributed by atoms with Crippen LogP contribution in [-0.4, -0.2) is 44.9 Å². The Morgan fingerprint density at radius 2 is 0.398 bits per heavy atom. The third-order valence-electron chi connectivity index (χ3n) is 22.6. The van der Waals surface area contributed by atoms with Crippen molar-refractivity contribution in [2.75, 3.05) is 0 Å². The third-order valence-corrected chi connectivity index (χ3v) is 22.6. The van der Waals surface area contributed by atoms with Crippen molar-refractivity contribution in [1.82, 2.24) is 44.9 Å². The molecule has 576 valence electrons. The summed E-state index contributed by atoms with van der Waals surface area (Å²) in [5.74, 6) is 5.75. The van der Waals surface area contributed by atoms with Gasteiger partial charge >= 0.3 is 0 Å². The van der Waals surface area contributed by atoms with Crippen molar-refractivity contribution >= 4 is 98.1 Å². The van der Waals surface area contributed by atoms with E-state index in [1.165, 1.54) is 16.7 Å².